The van der Waals surface area contributed by atoms with E-state index in [1.165, 1.54) is 14.0 Å². The number of hydrogen-bond donors (Lipinski definition) is 2. The van der Waals surface area contributed by atoms with Crippen molar-refractivity contribution in [2.45, 2.75) is 66.6 Å². The van der Waals surface area contributed by atoms with Gasteiger partial charge in [-0.25, -0.2) is 0 Å². The Bertz CT molecular complexity index is 1160. The number of allylic oxidation sites excluding steroid dienone is 5. The number of methoxy groups -OCH3 is 1. The van der Waals surface area contributed by atoms with Gasteiger partial charge in [0, 0.05) is 43.1 Å². The Morgan fingerprint density at radius 3 is 2.37 bits per heavy atom. The van der Waals surface area contributed by atoms with E-state index >= 15 is 0 Å². The fraction of sp³-hybridized carbons (Fsp3) is 0.483. The van der Waals surface area contributed by atoms with Crippen molar-refractivity contribution in [2.24, 2.45) is 23.5 Å². The van der Waals surface area contributed by atoms with Crippen LogP contribution in [0.3, 0.4) is 0 Å². The molecule has 1 aliphatic heterocycles. The molecule has 0 radical (unpaired) electrons. The first-order valence-corrected chi connectivity index (χ1v) is 12.6. The van der Waals surface area contributed by atoms with E-state index in [-0.39, 0.29) is 47.4 Å². The number of nitrogens with two attached hydrogens (primary N) is 1. The molecule has 9 nitrogen and oxygen atoms in total. The quantitative estimate of drug-likeness (QED) is 0.318. The predicted molar refractivity (Wildman–Crippen MR) is 142 cm³/mol. The number of rotatable bonds is 2. The molecule has 206 valence electrons. The SMILES string of the molecule is CO[C@H]1C[C@H](C)CC2=C(N)C(=O)C=C(NC(=O)/C(C)=C/C=C\[C@H](C)[C@@H](OC(C)=O)/C(C)=C/[C@H](C)C1=O)C2=O. The maximum atomic E-state index is 13.3. The van der Waals surface area contributed by atoms with Crippen LogP contribution in [0, 0.1) is 17.8 Å². The number of Topliss-reactive ketones (excluding diaryl/α,β-unsaturated/α-hetero) is 2. The predicted octanol–water partition coefficient (Wildman–Crippen LogP) is 3.02. The summed E-state index contributed by atoms with van der Waals surface area (Å²) >= 11 is 0. The van der Waals surface area contributed by atoms with E-state index in [0.29, 0.717) is 11.1 Å². The molecule has 0 aromatic carbocycles. The van der Waals surface area contributed by atoms with Crippen LogP contribution in [0.5, 0.6) is 0 Å². The molecule has 1 heterocycles. The molecule has 0 spiro atoms. The van der Waals surface area contributed by atoms with E-state index in [4.69, 9.17) is 15.2 Å². The van der Waals surface area contributed by atoms with E-state index in [1.807, 2.05) is 13.8 Å². The number of carbonyl (C=O) groups excluding carboxylic acids is 5. The summed E-state index contributed by atoms with van der Waals surface area (Å²) in [5.74, 6) is -3.33. The third-order valence-corrected chi connectivity index (χ3v) is 6.70. The molecular weight excluding hydrogens is 488 g/mol. The van der Waals surface area contributed by atoms with Gasteiger partial charge in [0.1, 0.15) is 12.2 Å². The summed E-state index contributed by atoms with van der Waals surface area (Å²) in [6, 6.07) is 0. The highest BCUT2D eigenvalue weighted by Crippen LogP contribution is 2.27. The number of fused-ring (bicyclic) bond motifs is 2. The van der Waals surface area contributed by atoms with Gasteiger partial charge in [-0.05, 0) is 38.2 Å². The van der Waals surface area contributed by atoms with Gasteiger partial charge in [0.15, 0.2) is 5.78 Å². The molecule has 0 unspecified atom stereocenters. The maximum absolute atomic E-state index is 13.3. The van der Waals surface area contributed by atoms with Crippen molar-refractivity contribution >= 4 is 29.2 Å². The van der Waals surface area contributed by atoms with Gasteiger partial charge in [0.25, 0.3) is 5.91 Å². The van der Waals surface area contributed by atoms with Crippen LogP contribution in [0.4, 0.5) is 0 Å². The van der Waals surface area contributed by atoms with Crippen molar-refractivity contribution in [1.82, 2.24) is 5.32 Å². The summed E-state index contributed by atoms with van der Waals surface area (Å²) in [7, 11) is 1.44. The minimum Gasteiger partial charge on any atom is -0.457 e. The van der Waals surface area contributed by atoms with Gasteiger partial charge in [-0.3, -0.25) is 24.0 Å². The number of nitrogens with one attached hydrogen (secondary N) is 1. The molecule has 0 saturated carbocycles. The molecule has 9 heteroatoms. The average Bonchev–Trinajstić information content (AvgIpc) is 2.85. The lowest BCUT2D eigenvalue weighted by molar-refractivity contribution is -0.146. The van der Waals surface area contributed by atoms with E-state index in [1.54, 1.807) is 45.1 Å². The van der Waals surface area contributed by atoms with Gasteiger partial charge >= 0.3 is 5.97 Å². The van der Waals surface area contributed by atoms with E-state index in [9.17, 15) is 24.0 Å². The Morgan fingerprint density at radius 1 is 1.11 bits per heavy atom. The van der Waals surface area contributed by atoms with Crippen molar-refractivity contribution in [3.63, 3.8) is 0 Å². The van der Waals surface area contributed by atoms with E-state index in [0.717, 1.165) is 6.08 Å². The summed E-state index contributed by atoms with van der Waals surface area (Å²) < 4.78 is 11.1. The Morgan fingerprint density at radius 2 is 1.76 bits per heavy atom. The zero-order chi connectivity index (χ0) is 28.7. The van der Waals surface area contributed by atoms with Crippen LogP contribution in [0.1, 0.15) is 54.4 Å². The second kappa shape index (κ2) is 13.3. The molecule has 0 aromatic heterocycles. The van der Waals surface area contributed by atoms with Crippen molar-refractivity contribution < 1.29 is 33.4 Å². The highest BCUT2D eigenvalue weighted by atomic mass is 16.5. The van der Waals surface area contributed by atoms with Crippen LogP contribution in [0.25, 0.3) is 0 Å². The number of ether oxygens (including phenoxy) is 2. The highest BCUT2D eigenvalue weighted by molar-refractivity contribution is 6.23. The Kier molecular flexibility index (Phi) is 10.7. The fourth-order valence-corrected chi connectivity index (χ4v) is 4.56. The van der Waals surface area contributed by atoms with Gasteiger partial charge in [0.05, 0.1) is 11.4 Å². The lowest BCUT2D eigenvalue weighted by atomic mass is 9.85. The zero-order valence-corrected chi connectivity index (χ0v) is 23.1. The van der Waals surface area contributed by atoms with Gasteiger partial charge in [-0.15, -0.1) is 0 Å². The molecule has 5 atom stereocenters. The van der Waals surface area contributed by atoms with Crippen LogP contribution in [0.2, 0.25) is 0 Å². The second-order valence-electron chi connectivity index (χ2n) is 10.1. The van der Waals surface area contributed by atoms with Crippen molar-refractivity contribution in [2.75, 3.05) is 7.11 Å². The zero-order valence-electron chi connectivity index (χ0n) is 23.1. The van der Waals surface area contributed by atoms with Crippen LogP contribution in [-0.4, -0.2) is 48.5 Å². The molecule has 0 saturated heterocycles. The van der Waals surface area contributed by atoms with Crippen LogP contribution in [-0.2, 0) is 33.4 Å². The second-order valence-corrected chi connectivity index (χ2v) is 10.1. The van der Waals surface area contributed by atoms with Crippen LogP contribution < -0.4 is 11.1 Å². The molecule has 1 amide bonds. The first kappa shape index (κ1) is 30.6. The first-order chi connectivity index (χ1) is 17.8. The lowest BCUT2D eigenvalue weighted by Crippen LogP contribution is -2.35. The third-order valence-electron chi connectivity index (χ3n) is 6.70. The van der Waals surface area contributed by atoms with Crippen molar-refractivity contribution in [1.29, 1.82) is 0 Å². The molecule has 3 N–H and O–H groups in total. The van der Waals surface area contributed by atoms with E-state index in [2.05, 4.69) is 5.32 Å². The summed E-state index contributed by atoms with van der Waals surface area (Å²) in [6.45, 7) is 10.1. The summed E-state index contributed by atoms with van der Waals surface area (Å²) in [5, 5.41) is 2.52. The molecular formula is C29H38N2O7. The van der Waals surface area contributed by atoms with Gasteiger partial charge in [0.2, 0.25) is 11.6 Å². The first-order valence-electron chi connectivity index (χ1n) is 12.6. The number of amides is 1. The standard InChI is InChI=1S/C29H38N2O7/c1-15-11-21-25(30)23(33)14-22(27(21)35)31-29(36)17(3)10-8-9-16(2)28(38-20(6)32)19(5)13-18(4)26(34)24(12-15)37-7/h8-10,13-16,18,24,28H,11-12,30H2,1-7H3,(H,31,36)/b9-8-,17-10+,19-13+/t15-,16+,18+,24+,28-/m1/s1. The van der Waals surface area contributed by atoms with Crippen molar-refractivity contribution in [3.8, 4) is 0 Å². The average molecular weight is 527 g/mol. The highest BCUT2D eigenvalue weighted by Gasteiger charge is 2.32. The third kappa shape index (κ3) is 7.71. The van der Waals surface area contributed by atoms with Gasteiger partial charge < -0.3 is 20.5 Å². The Labute approximate surface area is 223 Å². The normalized spacial score (nSPS) is 32.0. The number of esters is 1. The Balaban J connectivity index is 2.55. The lowest BCUT2D eigenvalue weighted by Gasteiger charge is -2.25. The molecule has 2 bridgehead atoms. The monoisotopic (exact) mass is 526 g/mol. The van der Waals surface area contributed by atoms with Gasteiger partial charge in [-0.2, -0.15) is 0 Å². The molecule has 0 fully saturated rings. The van der Waals surface area contributed by atoms with Gasteiger partial charge in [-0.1, -0.05) is 45.1 Å². The van der Waals surface area contributed by atoms with Crippen molar-refractivity contribution in [3.05, 3.63) is 58.5 Å². The minimum atomic E-state index is -0.770. The van der Waals surface area contributed by atoms with Crippen LogP contribution >= 0.6 is 0 Å². The molecule has 1 aliphatic carbocycles. The maximum Gasteiger partial charge on any atom is 0.303 e. The van der Waals surface area contributed by atoms with Crippen LogP contribution in [0.15, 0.2) is 58.5 Å². The summed E-state index contributed by atoms with van der Waals surface area (Å²) in [6.07, 6.45) is 6.80. The van der Waals surface area contributed by atoms with E-state index < -0.39 is 41.6 Å². The molecule has 2 aliphatic rings. The molecule has 38 heavy (non-hydrogen) atoms. The largest absolute Gasteiger partial charge is 0.457 e. The molecule has 2 rings (SSSR count). The molecule has 0 aromatic rings. The number of ketones is 3. The number of carbonyl (C=O) groups is 5. The fourth-order valence-electron chi connectivity index (χ4n) is 4.56. The number of hydrogen-bond acceptors (Lipinski definition) is 8. The summed E-state index contributed by atoms with van der Waals surface area (Å²) in [5.41, 5.74) is 6.75. The smallest absolute Gasteiger partial charge is 0.303 e. The minimum absolute atomic E-state index is 0.101. The summed E-state index contributed by atoms with van der Waals surface area (Å²) in [4.78, 5) is 63.5. The topological polar surface area (TPSA) is 142 Å². The Hall–Kier alpha value is -3.59.